The van der Waals surface area contributed by atoms with Crippen LogP contribution in [-0.2, 0) is 30.4 Å². The molecule has 2 aromatic carbocycles. The minimum absolute atomic E-state index is 0. The van der Waals surface area contributed by atoms with Crippen LogP contribution >= 0.6 is 0 Å². The minimum Gasteiger partial charge on any atom is -0.475 e. The second kappa shape index (κ2) is 15.1. The van der Waals surface area contributed by atoms with Crippen LogP contribution in [0, 0.1) is 5.41 Å². The Morgan fingerprint density at radius 2 is 1.49 bits per heavy atom. The summed E-state index contributed by atoms with van der Waals surface area (Å²) >= 11 is 0. The van der Waals surface area contributed by atoms with Crippen LogP contribution in [0.5, 0.6) is 0 Å². The Hall–Kier alpha value is -5.00. The van der Waals surface area contributed by atoms with Crippen LogP contribution in [0.4, 0.5) is 32.0 Å². The summed E-state index contributed by atoms with van der Waals surface area (Å²) in [5.74, 6) is -4.34. The molecule has 18 heteroatoms. The van der Waals surface area contributed by atoms with Gasteiger partial charge < -0.3 is 21.5 Å². The van der Waals surface area contributed by atoms with Crippen molar-refractivity contribution in [1.29, 1.82) is 5.41 Å². The first-order valence-corrected chi connectivity index (χ1v) is 13.4. The Labute approximate surface area is 252 Å². The van der Waals surface area contributed by atoms with E-state index in [2.05, 4.69) is 15.6 Å². The van der Waals surface area contributed by atoms with Gasteiger partial charge in [0.05, 0.1) is 21.4 Å². The Kier molecular flexibility index (Phi) is 12.8. The molecule has 1 atom stereocenters. The van der Waals surface area contributed by atoms with E-state index in [-0.39, 0.29) is 23.7 Å². The summed E-state index contributed by atoms with van der Waals surface area (Å²) < 4.78 is 98.8. The third kappa shape index (κ3) is 10.9. The number of aliphatic carboxylic acids is 1. The highest BCUT2D eigenvalue weighted by atomic mass is 32.2. The summed E-state index contributed by atoms with van der Waals surface area (Å²) in [6.07, 6.45) is -8.38. The first-order chi connectivity index (χ1) is 20.2. The lowest BCUT2D eigenvalue weighted by Gasteiger charge is -2.19. The second-order valence-electron chi connectivity index (χ2n) is 8.75. The number of alkyl halides is 6. The number of halogens is 6. The molecule has 0 fully saturated rings. The summed E-state index contributed by atoms with van der Waals surface area (Å²) in [5.41, 5.74) is 4.78. The number of carboxylic acids is 1. The number of nitrogens with two attached hydrogens (primary N) is 1. The maximum Gasteiger partial charge on any atom is 0.490 e. The van der Waals surface area contributed by atoms with Crippen molar-refractivity contribution in [2.45, 2.75) is 49.0 Å². The van der Waals surface area contributed by atoms with Gasteiger partial charge in [-0.05, 0) is 61.0 Å². The van der Waals surface area contributed by atoms with Gasteiger partial charge in [-0.25, -0.2) is 13.2 Å². The minimum atomic E-state index is -5.08. The number of pyridine rings is 1. The maximum atomic E-state index is 13.8. The average Bonchev–Trinajstić information content (AvgIpc) is 2.92. The molecular formula is C27H27F6N5O6S. The van der Waals surface area contributed by atoms with Gasteiger partial charge in [-0.2, -0.15) is 26.3 Å². The number of nitrogens with zero attached hydrogens (tertiary/aromatic N) is 1. The number of sulfone groups is 1. The van der Waals surface area contributed by atoms with E-state index in [1.54, 1.807) is 0 Å². The number of amidine groups is 1. The van der Waals surface area contributed by atoms with Gasteiger partial charge in [0.25, 0.3) is 0 Å². The zero-order chi connectivity index (χ0) is 33.5. The Morgan fingerprint density at radius 3 is 1.96 bits per heavy atom. The number of anilines is 1. The first kappa shape index (κ1) is 38.0. The third-order valence-electron chi connectivity index (χ3n) is 5.48. The first-order valence-electron chi connectivity index (χ1n) is 11.9. The SMILES string of the molecule is C.C[C@H](NC(=O)CC(=O)Nc1ccc(C(=N)N)cc1)c1ccc(S(=O)(=O)c2ccncc2)c(C(F)(F)F)c1.O=C(O)C(F)(F)F. The molecule has 244 valence electrons. The lowest BCUT2D eigenvalue weighted by molar-refractivity contribution is -0.192. The highest BCUT2D eigenvalue weighted by Gasteiger charge is 2.39. The van der Waals surface area contributed by atoms with E-state index in [1.807, 2.05) is 0 Å². The van der Waals surface area contributed by atoms with Gasteiger partial charge in [0.1, 0.15) is 12.3 Å². The standard InChI is InChI=1S/C24H22F3N5O4S.C2HF3O2.CH4/c1-14(31-21(33)13-22(34)32-17-5-2-15(3-6-17)23(28)29)16-4-7-20(19(12-16)24(25,26)27)37(35,36)18-8-10-30-11-9-18;3-2(4,5)1(6)7;/h2-12,14H,13H2,1H3,(H3,28,29)(H,31,33)(H,32,34);(H,6,7);1H4/t14-;;/m0../s1. The number of carboxylic acid groups (broad SMARTS) is 1. The van der Waals surface area contributed by atoms with E-state index in [4.69, 9.17) is 21.0 Å². The molecular weight excluding hydrogens is 636 g/mol. The normalized spacial score (nSPS) is 12.0. The lowest BCUT2D eigenvalue weighted by Crippen LogP contribution is -2.30. The molecule has 0 spiro atoms. The van der Waals surface area contributed by atoms with E-state index < -0.39 is 62.9 Å². The summed E-state index contributed by atoms with van der Waals surface area (Å²) in [6, 6.07) is 9.91. The fourth-order valence-corrected chi connectivity index (χ4v) is 4.82. The Balaban J connectivity index is 0.00000113. The summed E-state index contributed by atoms with van der Waals surface area (Å²) in [7, 11) is -4.49. The molecule has 0 aliphatic heterocycles. The van der Waals surface area contributed by atoms with Gasteiger partial charge in [-0.3, -0.25) is 20.0 Å². The maximum absolute atomic E-state index is 13.8. The zero-order valence-electron chi connectivity index (χ0n) is 22.3. The van der Waals surface area contributed by atoms with Crippen LogP contribution in [0.25, 0.3) is 0 Å². The third-order valence-corrected chi connectivity index (χ3v) is 7.31. The monoisotopic (exact) mass is 663 g/mol. The Bertz CT molecular complexity index is 1630. The Morgan fingerprint density at radius 1 is 0.956 bits per heavy atom. The topological polar surface area (TPSA) is 192 Å². The van der Waals surface area contributed by atoms with Gasteiger partial charge in [-0.15, -0.1) is 0 Å². The van der Waals surface area contributed by atoms with Crippen molar-refractivity contribution in [3.05, 3.63) is 83.7 Å². The van der Waals surface area contributed by atoms with Crippen LogP contribution in [0.3, 0.4) is 0 Å². The van der Waals surface area contributed by atoms with Crippen molar-refractivity contribution in [3.63, 3.8) is 0 Å². The highest BCUT2D eigenvalue weighted by molar-refractivity contribution is 7.91. The quantitative estimate of drug-likeness (QED) is 0.0991. The van der Waals surface area contributed by atoms with Crippen molar-refractivity contribution in [2.24, 2.45) is 5.73 Å². The van der Waals surface area contributed by atoms with Crippen molar-refractivity contribution < 1.29 is 54.3 Å². The smallest absolute Gasteiger partial charge is 0.475 e. The van der Waals surface area contributed by atoms with Gasteiger partial charge in [0.15, 0.2) is 0 Å². The van der Waals surface area contributed by atoms with E-state index in [0.29, 0.717) is 17.3 Å². The van der Waals surface area contributed by atoms with Crippen LogP contribution < -0.4 is 16.4 Å². The van der Waals surface area contributed by atoms with E-state index in [9.17, 15) is 44.3 Å². The van der Waals surface area contributed by atoms with Gasteiger partial charge in [0, 0.05) is 23.6 Å². The molecule has 45 heavy (non-hydrogen) atoms. The fourth-order valence-electron chi connectivity index (χ4n) is 3.38. The van der Waals surface area contributed by atoms with Crippen molar-refractivity contribution in [3.8, 4) is 0 Å². The van der Waals surface area contributed by atoms with Crippen LogP contribution in [-0.4, -0.2) is 48.3 Å². The molecule has 11 nitrogen and oxygen atoms in total. The number of amides is 2. The van der Waals surface area contributed by atoms with Crippen LogP contribution in [0.1, 0.15) is 43.5 Å². The summed E-state index contributed by atoms with van der Waals surface area (Å²) in [5, 5.41) is 19.4. The van der Waals surface area contributed by atoms with Crippen molar-refractivity contribution in [1.82, 2.24) is 10.3 Å². The number of carbonyl (C=O) groups is 3. The second-order valence-corrected chi connectivity index (χ2v) is 10.7. The number of hydrogen-bond acceptors (Lipinski definition) is 7. The molecule has 1 aromatic heterocycles. The zero-order valence-corrected chi connectivity index (χ0v) is 23.1. The number of nitrogen functional groups attached to an aromatic ring is 1. The molecule has 1 heterocycles. The molecule has 6 N–H and O–H groups in total. The molecule has 0 saturated heterocycles. The number of hydrogen-bond donors (Lipinski definition) is 5. The summed E-state index contributed by atoms with van der Waals surface area (Å²) in [6.45, 7) is 1.41. The summed E-state index contributed by atoms with van der Waals surface area (Å²) in [4.78, 5) is 35.8. The highest BCUT2D eigenvalue weighted by Crippen LogP contribution is 2.38. The molecule has 2 amide bonds. The molecule has 0 aliphatic carbocycles. The molecule has 0 bridgehead atoms. The van der Waals surface area contributed by atoms with Gasteiger partial charge in [-0.1, -0.05) is 13.5 Å². The molecule has 0 aliphatic rings. The number of rotatable bonds is 8. The van der Waals surface area contributed by atoms with E-state index in [1.165, 1.54) is 37.3 Å². The molecule has 3 rings (SSSR count). The predicted molar refractivity (Wildman–Crippen MR) is 149 cm³/mol. The van der Waals surface area contributed by atoms with Crippen LogP contribution in [0.15, 0.2) is 76.8 Å². The molecule has 0 saturated carbocycles. The van der Waals surface area contributed by atoms with E-state index in [0.717, 1.165) is 30.6 Å². The number of nitrogens with one attached hydrogen (secondary N) is 3. The number of aromatic nitrogens is 1. The number of benzene rings is 2. The van der Waals surface area contributed by atoms with Gasteiger partial charge >= 0.3 is 18.3 Å². The predicted octanol–water partition coefficient (Wildman–Crippen LogP) is 4.69. The van der Waals surface area contributed by atoms with Crippen LogP contribution in [0.2, 0.25) is 0 Å². The number of carbonyl (C=O) groups excluding carboxylic acids is 2. The fraction of sp³-hybridized carbons (Fsp3) is 0.222. The molecule has 0 radical (unpaired) electrons. The van der Waals surface area contributed by atoms with E-state index >= 15 is 0 Å². The van der Waals surface area contributed by atoms with Gasteiger partial charge in [0.2, 0.25) is 21.7 Å². The average molecular weight is 664 g/mol. The molecule has 3 aromatic rings. The lowest BCUT2D eigenvalue weighted by atomic mass is 10.0. The largest absolute Gasteiger partial charge is 0.490 e. The molecule has 0 unspecified atom stereocenters. The van der Waals surface area contributed by atoms with Crippen molar-refractivity contribution in [2.75, 3.05) is 5.32 Å². The van der Waals surface area contributed by atoms with Crippen molar-refractivity contribution >= 4 is 39.1 Å².